The molecule has 0 aliphatic heterocycles. The third kappa shape index (κ3) is 6.43. The first kappa shape index (κ1) is 23.3. The van der Waals surface area contributed by atoms with E-state index in [1.165, 1.54) is 0 Å². The van der Waals surface area contributed by atoms with Crippen LogP contribution in [0, 0.1) is 0 Å². The summed E-state index contributed by atoms with van der Waals surface area (Å²) in [7, 11) is 1.56. The molecule has 2 rings (SSSR count). The normalized spacial score (nSPS) is 13.1. The van der Waals surface area contributed by atoms with Crippen molar-refractivity contribution in [1.82, 2.24) is 15.6 Å². The number of hydrogen-bond donors (Lipinski definition) is 2. The first-order chi connectivity index (χ1) is 11.7. The Kier molecular flexibility index (Phi) is 8.90. The van der Waals surface area contributed by atoms with Gasteiger partial charge in [-0.1, -0.05) is 29.3 Å². The standard InChI is InChI=1S/C15H15Cl2F3N4S.HI/c1-8(10-4-3-9(16)5-11(10)17)23-14(21-2)22-6-13-24-12(7-25-13)15(18,19)20;/h3-5,7-8H,6H2,1-2H3,(H2,21,22,23);1H. The molecule has 4 nitrogen and oxygen atoms in total. The number of nitrogens with one attached hydrogen (secondary N) is 2. The molecule has 0 saturated carbocycles. The Bertz CT molecular complexity index is 768. The first-order valence-electron chi connectivity index (χ1n) is 7.14. The lowest BCUT2D eigenvalue weighted by Gasteiger charge is -2.19. The predicted octanol–water partition coefficient (Wildman–Crippen LogP) is 5.51. The maximum absolute atomic E-state index is 12.6. The highest BCUT2D eigenvalue weighted by Gasteiger charge is 2.33. The molecule has 1 unspecified atom stereocenters. The number of alkyl halides is 3. The SMILES string of the molecule is CN=C(NCc1nc(C(F)(F)F)cs1)NC(C)c1ccc(Cl)cc1Cl.I. The zero-order valence-corrected chi connectivity index (χ0v) is 18.4. The van der Waals surface area contributed by atoms with Crippen LogP contribution in [0.1, 0.15) is 29.2 Å². The number of rotatable bonds is 4. The minimum atomic E-state index is -4.44. The largest absolute Gasteiger partial charge is 0.434 e. The van der Waals surface area contributed by atoms with Crippen molar-refractivity contribution < 1.29 is 13.2 Å². The summed E-state index contributed by atoms with van der Waals surface area (Å²) in [6.45, 7) is 2.01. The molecule has 0 fully saturated rings. The van der Waals surface area contributed by atoms with Gasteiger partial charge in [0.2, 0.25) is 0 Å². The van der Waals surface area contributed by atoms with Crippen molar-refractivity contribution >= 4 is 64.5 Å². The van der Waals surface area contributed by atoms with E-state index in [4.69, 9.17) is 23.2 Å². The van der Waals surface area contributed by atoms with E-state index >= 15 is 0 Å². The lowest BCUT2D eigenvalue weighted by molar-refractivity contribution is -0.140. The van der Waals surface area contributed by atoms with Gasteiger partial charge in [0, 0.05) is 22.5 Å². The Morgan fingerprint density at radius 1 is 1.35 bits per heavy atom. The number of guanidine groups is 1. The van der Waals surface area contributed by atoms with Crippen molar-refractivity contribution in [1.29, 1.82) is 0 Å². The van der Waals surface area contributed by atoms with Crippen LogP contribution in [-0.4, -0.2) is 18.0 Å². The molecule has 1 heterocycles. The van der Waals surface area contributed by atoms with Crippen molar-refractivity contribution in [2.75, 3.05) is 7.05 Å². The number of aliphatic imine (C=N–C) groups is 1. The predicted molar refractivity (Wildman–Crippen MR) is 111 cm³/mol. The molecule has 26 heavy (non-hydrogen) atoms. The molecule has 2 N–H and O–H groups in total. The maximum Gasteiger partial charge on any atom is 0.434 e. The van der Waals surface area contributed by atoms with Crippen LogP contribution in [-0.2, 0) is 12.7 Å². The molecule has 0 amide bonds. The molecule has 2 aromatic rings. The Labute approximate surface area is 180 Å². The van der Waals surface area contributed by atoms with Crippen LogP contribution in [0.25, 0.3) is 0 Å². The summed E-state index contributed by atoms with van der Waals surface area (Å²) >= 11 is 13.0. The van der Waals surface area contributed by atoms with Gasteiger partial charge < -0.3 is 10.6 Å². The van der Waals surface area contributed by atoms with Crippen molar-refractivity contribution in [3.05, 3.63) is 49.9 Å². The molecule has 1 aromatic heterocycles. The summed E-state index contributed by atoms with van der Waals surface area (Å²) in [6, 6.07) is 4.98. The molecular formula is C15H16Cl2F3IN4S. The summed E-state index contributed by atoms with van der Waals surface area (Å²) in [4.78, 5) is 7.61. The molecule has 0 aliphatic rings. The van der Waals surface area contributed by atoms with E-state index in [0.29, 0.717) is 21.0 Å². The number of nitrogens with zero attached hydrogens (tertiary/aromatic N) is 2. The number of thiazole rings is 1. The van der Waals surface area contributed by atoms with Crippen molar-refractivity contribution in [2.45, 2.75) is 25.7 Å². The second kappa shape index (κ2) is 9.95. The van der Waals surface area contributed by atoms with Crippen molar-refractivity contribution in [3.63, 3.8) is 0 Å². The van der Waals surface area contributed by atoms with E-state index in [-0.39, 0.29) is 36.6 Å². The van der Waals surface area contributed by atoms with Crippen molar-refractivity contribution in [3.8, 4) is 0 Å². The van der Waals surface area contributed by atoms with E-state index in [2.05, 4.69) is 20.6 Å². The minimum Gasteiger partial charge on any atom is -0.350 e. The van der Waals surface area contributed by atoms with Gasteiger partial charge in [-0.25, -0.2) is 4.98 Å². The monoisotopic (exact) mass is 538 g/mol. The first-order valence-corrected chi connectivity index (χ1v) is 8.78. The average Bonchev–Trinajstić information content (AvgIpc) is 3.00. The molecule has 1 aromatic carbocycles. The van der Waals surface area contributed by atoms with Crippen LogP contribution in [0.2, 0.25) is 10.0 Å². The lowest BCUT2D eigenvalue weighted by atomic mass is 10.1. The fourth-order valence-corrected chi connectivity index (χ4v) is 3.32. The Hall–Kier alpha value is -0.780. The van der Waals surface area contributed by atoms with E-state index in [1.54, 1.807) is 25.2 Å². The van der Waals surface area contributed by atoms with Gasteiger partial charge in [0.05, 0.1) is 12.6 Å². The Morgan fingerprint density at radius 2 is 2.04 bits per heavy atom. The molecule has 0 aliphatic carbocycles. The molecule has 1 atom stereocenters. The summed E-state index contributed by atoms with van der Waals surface area (Å²) in [5.74, 6) is 0.419. The second-order valence-corrected chi connectivity index (χ2v) is 6.87. The Balaban J connectivity index is 0.00000338. The smallest absolute Gasteiger partial charge is 0.350 e. The number of halogens is 6. The van der Waals surface area contributed by atoms with Gasteiger partial charge in [0.15, 0.2) is 11.7 Å². The second-order valence-electron chi connectivity index (χ2n) is 5.08. The van der Waals surface area contributed by atoms with Gasteiger partial charge in [0.1, 0.15) is 5.01 Å². The van der Waals surface area contributed by atoms with Gasteiger partial charge in [-0.2, -0.15) is 13.2 Å². The fourth-order valence-electron chi connectivity index (χ4n) is 2.01. The van der Waals surface area contributed by atoms with E-state index in [0.717, 1.165) is 22.3 Å². The molecule has 0 saturated heterocycles. The molecule has 144 valence electrons. The van der Waals surface area contributed by atoms with Gasteiger partial charge >= 0.3 is 6.18 Å². The third-order valence-electron chi connectivity index (χ3n) is 3.26. The van der Waals surface area contributed by atoms with Gasteiger partial charge in [-0.3, -0.25) is 4.99 Å². The molecular weight excluding hydrogens is 523 g/mol. The topological polar surface area (TPSA) is 49.3 Å². The molecule has 11 heteroatoms. The van der Waals surface area contributed by atoms with Crippen molar-refractivity contribution in [2.24, 2.45) is 4.99 Å². The molecule has 0 bridgehead atoms. The molecule has 0 spiro atoms. The van der Waals surface area contributed by atoms with E-state index < -0.39 is 11.9 Å². The summed E-state index contributed by atoms with van der Waals surface area (Å²) in [5.41, 5.74) is -0.0683. The van der Waals surface area contributed by atoms with Crippen LogP contribution >= 0.6 is 58.5 Å². The van der Waals surface area contributed by atoms with E-state index in [9.17, 15) is 13.2 Å². The summed E-state index contributed by atoms with van der Waals surface area (Å²) < 4.78 is 37.7. The van der Waals surface area contributed by atoms with Gasteiger partial charge in [-0.05, 0) is 24.6 Å². The summed E-state index contributed by atoms with van der Waals surface area (Å²) in [6.07, 6.45) is -4.44. The fraction of sp³-hybridized carbons (Fsp3) is 0.333. The van der Waals surface area contributed by atoms with Gasteiger partial charge in [0.25, 0.3) is 0 Å². The highest BCUT2D eigenvalue weighted by Crippen LogP contribution is 2.30. The Morgan fingerprint density at radius 3 is 2.58 bits per heavy atom. The minimum absolute atomic E-state index is 0. The van der Waals surface area contributed by atoms with Crippen LogP contribution in [0.5, 0.6) is 0 Å². The van der Waals surface area contributed by atoms with Gasteiger partial charge in [-0.15, -0.1) is 35.3 Å². The van der Waals surface area contributed by atoms with E-state index in [1.807, 2.05) is 6.92 Å². The zero-order valence-electron chi connectivity index (χ0n) is 13.7. The van der Waals surface area contributed by atoms with Crippen LogP contribution < -0.4 is 10.6 Å². The maximum atomic E-state index is 12.6. The molecule has 0 radical (unpaired) electrons. The van der Waals surface area contributed by atoms with Crippen LogP contribution in [0.4, 0.5) is 13.2 Å². The third-order valence-corrected chi connectivity index (χ3v) is 4.67. The number of benzene rings is 1. The zero-order chi connectivity index (χ0) is 18.6. The number of aromatic nitrogens is 1. The highest BCUT2D eigenvalue weighted by molar-refractivity contribution is 14.0. The lowest BCUT2D eigenvalue weighted by Crippen LogP contribution is -2.38. The van der Waals surface area contributed by atoms with Crippen LogP contribution in [0.3, 0.4) is 0 Å². The number of hydrogen-bond acceptors (Lipinski definition) is 3. The summed E-state index contributed by atoms with van der Waals surface area (Å²) in [5, 5.41) is 8.40. The van der Waals surface area contributed by atoms with Crippen LogP contribution in [0.15, 0.2) is 28.6 Å². The average molecular weight is 539 g/mol. The highest BCUT2D eigenvalue weighted by atomic mass is 127. The quantitative estimate of drug-likeness (QED) is 0.306.